The minimum absolute atomic E-state index is 0.310. The average molecular weight is 158 g/mol. The summed E-state index contributed by atoms with van der Waals surface area (Å²) in [7, 11) is 0. The summed E-state index contributed by atoms with van der Waals surface area (Å²) < 4.78 is 5.06. The summed E-state index contributed by atoms with van der Waals surface area (Å²) >= 11 is 0. The predicted octanol–water partition coefficient (Wildman–Crippen LogP) is 1.78. The molecule has 2 atom stereocenters. The molecule has 1 aliphatic rings. The summed E-state index contributed by atoms with van der Waals surface area (Å²) in [6, 6.07) is 0. The molecular formula is C9H18O2. The van der Waals surface area contributed by atoms with Gasteiger partial charge in [-0.3, -0.25) is 0 Å². The van der Waals surface area contributed by atoms with Crippen molar-refractivity contribution < 1.29 is 9.84 Å². The van der Waals surface area contributed by atoms with E-state index in [4.69, 9.17) is 4.74 Å². The summed E-state index contributed by atoms with van der Waals surface area (Å²) in [4.78, 5) is 0. The van der Waals surface area contributed by atoms with Crippen molar-refractivity contribution in [3.8, 4) is 0 Å². The van der Waals surface area contributed by atoms with Gasteiger partial charge in [0.2, 0.25) is 0 Å². The zero-order valence-corrected chi connectivity index (χ0v) is 7.63. The fraction of sp³-hybridized carbons (Fsp3) is 1.00. The van der Waals surface area contributed by atoms with Crippen LogP contribution in [0.2, 0.25) is 0 Å². The van der Waals surface area contributed by atoms with Gasteiger partial charge in [0.25, 0.3) is 0 Å². The molecule has 1 N–H and O–H groups in total. The van der Waals surface area contributed by atoms with Crippen LogP contribution in [0.15, 0.2) is 0 Å². The van der Waals surface area contributed by atoms with Gasteiger partial charge in [-0.15, -0.1) is 0 Å². The lowest BCUT2D eigenvalue weighted by atomic mass is 9.76. The van der Waals surface area contributed by atoms with Crippen molar-refractivity contribution in [1.29, 1.82) is 0 Å². The lowest BCUT2D eigenvalue weighted by molar-refractivity contribution is -0.150. The SMILES string of the molecule is CC(C)(C)[C@H]1CCO[C@@H](O)C1. The van der Waals surface area contributed by atoms with Crippen molar-refractivity contribution in [3.05, 3.63) is 0 Å². The van der Waals surface area contributed by atoms with Crippen LogP contribution in [-0.2, 0) is 4.74 Å². The van der Waals surface area contributed by atoms with Crippen molar-refractivity contribution in [1.82, 2.24) is 0 Å². The van der Waals surface area contributed by atoms with Crippen molar-refractivity contribution in [2.75, 3.05) is 6.61 Å². The monoisotopic (exact) mass is 158 g/mol. The maximum Gasteiger partial charge on any atom is 0.154 e. The van der Waals surface area contributed by atoms with Gasteiger partial charge in [0.1, 0.15) is 0 Å². The number of hydrogen-bond acceptors (Lipinski definition) is 2. The Hall–Kier alpha value is -0.0800. The van der Waals surface area contributed by atoms with Gasteiger partial charge >= 0.3 is 0 Å². The average Bonchev–Trinajstić information content (AvgIpc) is 1.86. The van der Waals surface area contributed by atoms with Gasteiger partial charge in [-0.1, -0.05) is 20.8 Å². The molecule has 1 saturated heterocycles. The number of aliphatic hydroxyl groups is 1. The first kappa shape index (κ1) is 9.01. The highest BCUT2D eigenvalue weighted by molar-refractivity contribution is 4.77. The van der Waals surface area contributed by atoms with E-state index >= 15 is 0 Å². The van der Waals surface area contributed by atoms with E-state index in [-0.39, 0.29) is 0 Å². The second kappa shape index (κ2) is 3.11. The van der Waals surface area contributed by atoms with Crippen molar-refractivity contribution in [3.63, 3.8) is 0 Å². The maximum atomic E-state index is 9.22. The van der Waals surface area contributed by atoms with Crippen LogP contribution in [-0.4, -0.2) is 18.0 Å². The summed E-state index contributed by atoms with van der Waals surface area (Å²) in [6.45, 7) is 7.37. The molecule has 2 nitrogen and oxygen atoms in total. The number of hydrogen-bond donors (Lipinski definition) is 1. The topological polar surface area (TPSA) is 29.5 Å². The van der Waals surface area contributed by atoms with Crippen LogP contribution in [0.1, 0.15) is 33.6 Å². The third-order valence-electron chi connectivity index (χ3n) is 2.49. The molecular weight excluding hydrogens is 140 g/mol. The van der Waals surface area contributed by atoms with E-state index in [0.29, 0.717) is 17.9 Å². The zero-order valence-electron chi connectivity index (χ0n) is 7.63. The van der Waals surface area contributed by atoms with E-state index < -0.39 is 6.29 Å². The Morgan fingerprint density at radius 3 is 2.36 bits per heavy atom. The first-order chi connectivity index (χ1) is 5.00. The molecule has 0 aromatic rings. The van der Waals surface area contributed by atoms with Crippen LogP contribution in [0, 0.1) is 11.3 Å². The van der Waals surface area contributed by atoms with Crippen LogP contribution in [0.5, 0.6) is 0 Å². The maximum absolute atomic E-state index is 9.22. The Labute approximate surface area is 68.6 Å². The first-order valence-electron chi connectivity index (χ1n) is 4.30. The molecule has 0 amide bonds. The Morgan fingerprint density at radius 1 is 1.36 bits per heavy atom. The van der Waals surface area contributed by atoms with E-state index in [9.17, 15) is 5.11 Å². The minimum Gasteiger partial charge on any atom is -0.368 e. The van der Waals surface area contributed by atoms with Gasteiger partial charge in [-0.2, -0.15) is 0 Å². The molecule has 0 aromatic carbocycles. The third kappa shape index (κ3) is 2.46. The quantitative estimate of drug-likeness (QED) is 0.582. The van der Waals surface area contributed by atoms with Crippen molar-refractivity contribution >= 4 is 0 Å². The molecule has 0 bridgehead atoms. The summed E-state index contributed by atoms with van der Waals surface area (Å²) in [5.41, 5.74) is 0.310. The molecule has 0 aliphatic carbocycles. The second-order valence-electron chi connectivity index (χ2n) is 4.41. The molecule has 1 fully saturated rings. The van der Waals surface area contributed by atoms with E-state index in [0.717, 1.165) is 12.8 Å². The van der Waals surface area contributed by atoms with Gasteiger partial charge in [0.05, 0.1) is 6.61 Å². The molecule has 0 unspecified atom stereocenters. The van der Waals surface area contributed by atoms with Gasteiger partial charge in [-0.05, 0) is 17.8 Å². The Kier molecular flexibility index (Phi) is 2.55. The Morgan fingerprint density at radius 2 is 2.00 bits per heavy atom. The summed E-state index contributed by atoms with van der Waals surface area (Å²) in [5, 5.41) is 9.22. The van der Waals surface area contributed by atoms with Crippen molar-refractivity contribution in [2.24, 2.45) is 11.3 Å². The zero-order chi connectivity index (χ0) is 8.48. The highest BCUT2D eigenvalue weighted by Crippen LogP contribution is 2.34. The van der Waals surface area contributed by atoms with Gasteiger partial charge < -0.3 is 9.84 Å². The molecule has 0 aromatic heterocycles. The smallest absolute Gasteiger partial charge is 0.154 e. The van der Waals surface area contributed by atoms with Crippen LogP contribution in [0.4, 0.5) is 0 Å². The molecule has 2 heteroatoms. The summed E-state index contributed by atoms with van der Waals surface area (Å²) in [6.07, 6.45) is 1.36. The molecule has 0 radical (unpaired) electrons. The van der Waals surface area contributed by atoms with Gasteiger partial charge in [0, 0.05) is 6.42 Å². The standard InChI is InChI=1S/C9H18O2/c1-9(2,3)7-4-5-11-8(10)6-7/h7-8,10H,4-6H2,1-3H3/t7-,8+/m0/s1. The molecule has 1 aliphatic heterocycles. The molecule has 0 spiro atoms. The molecule has 1 rings (SSSR count). The lowest BCUT2D eigenvalue weighted by Gasteiger charge is -2.35. The third-order valence-corrected chi connectivity index (χ3v) is 2.49. The molecule has 1 heterocycles. The minimum atomic E-state index is -0.520. The molecule has 66 valence electrons. The predicted molar refractivity (Wildman–Crippen MR) is 44.1 cm³/mol. The fourth-order valence-corrected chi connectivity index (χ4v) is 1.56. The van der Waals surface area contributed by atoms with E-state index in [2.05, 4.69) is 20.8 Å². The number of ether oxygens (including phenoxy) is 1. The number of aliphatic hydroxyl groups excluding tert-OH is 1. The van der Waals surface area contributed by atoms with Crippen LogP contribution < -0.4 is 0 Å². The van der Waals surface area contributed by atoms with Crippen molar-refractivity contribution in [2.45, 2.75) is 39.9 Å². The normalized spacial score (nSPS) is 33.8. The van der Waals surface area contributed by atoms with Crippen LogP contribution in [0.25, 0.3) is 0 Å². The second-order valence-corrected chi connectivity index (χ2v) is 4.41. The molecule has 0 saturated carbocycles. The largest absolute Gasteiger partial charge is 0.368 e. The Balaban J connectivity index is 2.46. The highest BCUT2D eigenvalue weighted by Gasteiger charge is 2.29. The number of rotatable bonds is 0. The van der Waals surface area contributed by atoms with E-state index in [1.807, 2.05) is 0 Å². The first-order valence-corrected chi connectivity index (χ1v) is 4.30. The highest BCUT2D eigenvalue weighted by atomic mass is 16.6. The van der Waals surface area contributed by atoms with Gasteiger partial charge in [-0.25, -0.2) is 0 Å². The Bertz CT molecular complexity index is 126. The summed E-state index contributed by atoms with van der Waals surface area (Å²) in [5.74, 6) is 0.603. The fourth-order valence-electron chi connectivity index (χ4n) is 1.56. The molecule has 11 heavy (non-hydrogen) atoms. The van der Waals surface area contributed by atoms with Gasteiger partial charge in [0.15, 0.2) is 6.29 Å². The van der Waals surface area contributed by atoms with E-state index in [1.54, 1.807) is 0 Å². The van der Waals surface area contributed by atoms with Crippen LogP contribution >= 0.6 is 0 Å². The van der Waals surface area contributed by atoms with Crippen LogP contribution in [0.3, 0.4) is 0 Å². The lowest BCUT2D eigenvalue weighted by Crippen LogP contribution is -2.32. The van der Waals surface area contributed by atoms with E-state index in [1.165, 1.54) is 0 Å².